The van der Waals surface area contributed by atoms with Gasteiger partial charge in [-0.1, -0.05) is 43.5 Å². The predicted molar refractivity (Wildman–Crippen MR) is 137 cm³/mol. The van der Waals surface area contributed by atoms with Crippen LogP contribution in [0.25, 0.3) is 0 Å². The Morgan fingerprint density at radius 3 is 2.43 bits per heavy atom. The summed E-state index contributed by atoms with van der Waals surface area (Å²) < 4.78 is 0. The Morgan fingerprint density at radius 1 is 1.00 bits per heavy atom. The molecule has 174 valence electrons. The van der Waals surface area contributed by atoms with Crippen molar-refractivity contribution in [3.05, 3.63) is 34.9 Å². The minimum Gasteiger partial charge on any atom is -0.455 e. The van der Waals surface area contributed by atoms with Crippen LogP contribution in [-0.2, 0) is 6.54 Å². The number of nitrogens with zero attached hydrogens (tertiary/aromatic N) is 2. The molecule has 2 N–H and O–H groups in total. The molecule has 1 saturated heterocycles. The highest BCUT2D eigenvalue weighted by atomic mass is 35.5. The van der Waals surface area contributed by atoms with Gasteiger partial charge in [0.1, 0.15) is 6.54 Å². The van der Waals surface area contributed by atoms with Crippen LogP contribution in [0, 0.1) is 0 Å². The van der Waals surface area contributed by atoms with Crippen molar-refractivity contribution in [1.82, 2.24) is 9.80 Å². The molecule has 1 aliphatic rings. The van der Waals surface area contributed by atoms with Crippen LogP contribution in [0.15, 0.2) is 24.3 Å². The van der Waals surface area contributed by atoms with E-state index < -0.39 is 0 Å². The maximum absolute atomic E-state index is 9.92. The SMILES string of the molecule is CCCCCC[NH+]=C(O)SCCCN1CCCN(Cc2ccc(Cl)cc2)CC1.Cl.Cl. The number of benzene rings is 1. The molecule has 0 aliphatic carbocycles. The zero-order chi connectivity index (χ0) is 20.0. The number of halogens is 3. The van der Waals surface area contributed by atoms with Gasteiger partial charge in [-0.3, -0.25) is 4.90 Å². The molecule has 0 bridgehead atoms. The third-order valence-corrected chi connectivity index (χ3v) is 6.33. The molecule has 1 aromatic carbocycles. The smallest absolute Gasteiger partial charge is 0.396 e. The number of hydrogen-bond acceptors (Lipinski definition) is 3. The molecular formula is C22H39Cl3N3OS+. The van der Waals surface area contributed by atoms with Crippen LogP contribution < -0.4 is 4.99 Å². The summed E-state index contributed by atoms with van der Waals surface area (Å²) in [5.41, 5.74) is 1.34. The maximum atomic E-state index is 9.92. The van der Waals surface area contributed by atoms with Crippen molar-refractivity contribution in [2.45, 2.75) is 52.0 Å². The molecule has 4 nitrogen and oxygen atoms in total. The largest absolute Gasteiger partial charge is 0.455 e. The summed E-state index contributed by atoms with van der Waals surface area (Å²) in [6, 6.07) is 8.21. The van der Waals surface area contributed by atoms with Crippen molar-refractivity contribution >= 4 is 53.4 Å². The van der Waals surface area contributed by atoms with Crippen LogP contribution in [0.1, 0.15) is 51.0 Å². The van der Waals surface area contributed by atoms with E-state index in [-0.39, 0.29) is 24.8 Å². The summed E-state index contributed by atoms with van der Waals surface area (Å²) in [5.74, 6) is 0.971. The van der Waals surface area contributed by atoms with E-state index >= 15 is 0 Å². The monoisotopic (exact) mass is 498 g/mol. The second-order valence-electron chi connectivity index (χ2n) is 7.59. The number of unbranched alkanes of at least 4 members (excludes halogenated alkanes) is 3. The summed E-state index contributed by atoms with van der Waals surface area (Å²) in [7, 11) is 0. The molecule has 8 heteroatoms. The van der Waals surface area contributed by atoms with Gasteiger partial charge < -0.3 is 10.0 Å². The van der Waals surface area contributed by atoms with E-state index in [0.29, 0.717) is 5.23 Å². The highest BCUT2D eigenvalue weighted by Gasteiger charge is 2.15. The molecular weight excluding hydrogens is 461 g/mol. The minimum absolute atomic E-state index is 0. The number of hydrogen-bond donors (Lipinski definition) is 2. The molecule has 0 aromatic heterocycles. The molecule has 0 radical (unpaired) electrons. The van der Waals surface area contributed by atoms with Crippen LogP contribution in [-0.4, -0.2) is 65.2 Å². The first-order valence-electron chi connectivity index (χ1n) is 10.8. The summed E-state index contributed by atoms with van der Waals surface area (Å²) in [4.78, 5) is 8.24. The summed E-state index contributed by atoms with van der Waals surface area (Å²) in [5, 5.41) is 11.1. The fourth-order valence-corrected chi connectivity index (χ4v) is 4.31. The molecule has 0 atom stereocenters. The normalized spacial score (nSPS) is 15.9. The Morgan fingerprint density at radius 2 is 1.70 bits per heavy atom. The van der Waals surface area contributed by atoms with Crippen LogP contribution in [0.5, 0.6) is 0 Å². The number of aliphatic hydroxyl groups is 1. The van der Waals surface area contributed by atoms with Crippen LogP contribution in [0.2, 0.25) is 5.02 Å². The van der Waals surface area contributed by atoms with Gasteiger partial charge in [0.2, 0.25) is 0 Å². The van der Waals surface area contributed by atoms with E-state index in [0.717, 1.165) is 62.9 Å². The Labute approximate surface area is 204 Å². The second-order valence-corrected chi connectivity index (χ2v) is 9.11. The van der Waals surface area contributed by atoms with E-state index in [1.807, 2.05) is 12.1 Å². The van der Waals surface area contributed by atoms with Gasteiger partial charge >= 0.3 is 5.23 Å². The van der Waals surface area contributed by atoms with Crippen molar-refractivity contribution in [3.63, 3.8) is 0 Å². The Kier molecular flexibility index (Phi) is 18.3. The van der Waals surface area contributed by atoms with Gasteiger partial charge in [-0.25, -0.2) is 4.99 Å². The van der Waals surface area contributed by atoms with Gasteiger partial charge in [0.15, 0.2) is 0 Å². The van der Waals surface area contributed by atoms with Gasteiger partial charge in [0.05, 0.1) is 0 Å². The fraction of sp³-hybridized carbons (Fsp3) is 0.682. The first-order chi connectivity index (χ1) is 13.7. The lowest BCUT2D eigenvalue weighted by Crippen LogP contribution is -2.72. The van der Waals surface area contributed by atoms with Gasteiger partial charge in [-0.2, -0.15) is 0 Å². The Bertz CT molecular complexity index is 575. The number of thioether (sulfide) groups is 1. The van der Waals surface area contributed by atoms with Crippen molar-refractivity contribution < 1.29 is 10.1 Å². The standard InChI is InChI=1S/C22H36ClN3OS.2ClH/c1-2-3-4-5-12-24-22(27)28-18-7-15-25-13-6-14-26(17-16-25)19-20-8-10-21(23)11-9-20;;/h8-11H,2-7,12-19H2,1H3,(H,24,27);2*1H/p+1. The molecule has 0 amide bonds. The molecule has 0 unspecified atom stereocenters. The van der Waals surface area contributed by atoms with Crippen molar-refractivity contribution in [1.29, 1.82) is 0 Å². The average Bonchev–Trinajstić information content (AvgIpc) is 2.92. The number of nitrogens with one attached hydrogen (secondary N) is 1. The maximum Gasteiger partial charge on any atom is 0.396 e. The van der Waals surface area contributed by atoms with Crippen molar-refractivity contribution in [2.24, 2.45) is 0 Å². The summed E-state index contributed by atoms with van der Waals surface area (Å²) in [6.07, 6.45) is 7.24. The first kappa shape index (κ1) is 29.8. The van der Waals surface area contributed by atoms with E-state index in [9.17, 15) is 5.11 Å². The third kappa shape index (κ3) is 13.3. The lowest BCUT2D eigenvalue weighted by Gasteiger charge is -2.21. The van der Waals surface area contributed by atoms with Crippen molar-refractivity contribution in [3.8, 4) is 0 Å². The highest BCUT2D eigenvalue weighted by molar-refractivity contribution is 8.13. The quantitative estimate of drug-likeness (QED) is 0.269. The Balaban J connectivity index is 0.00000420. The van der Waals surface area contributed by atoms with E-state index in [4.69, 9.17) is 11.6 Å². The van der Waals surface area contributed by atoms with Gasteiger partial charge in [0, 0.05) is 36.8 Å². The van der Waals surface area contributed by atoms with Crippen LogP contribution in [0.4, 0.5) is 0 Å². The van der Waals surface area contributed by atoms with E-state index in [2.05, 4.69) is 33.8 Å². The van der Waals surface area contributed by atoms with E-state index in [1.54, 1.807) is 11.8 Å². The molecule has 2 rings (SSSR count). The van der Waals surface area contributed by atoms with Gasteiger partial charge in [-0.15, -0.1) is 24.8 Å². The van der Waals surface area contributed by atoms with Gasteiger partial charge in [-0.05, 0) is 68.4 Å². The Hall–Kier alpha value is -0.170. The lowest BCUT2D eigenvalue weighted by atomic mass is 10.2. The predicted octanol–water partition coefficient (Wildman–Crippen LogP) is 4.39. The number of rotatable bonds is 11. The molecule has 30 heavy (non-hydrogen) atoms. The molecule has 0 saturated carbocycles. The molecule has 1 aliphatic heterocycles. The average molecular weight is 500 g/mol. The van der Waals surface area contributed by atoms with Crippen molar-refractivity contribution in [2.75, 3.05) is 45.0 Å². The zero-order valence-electron chi connectivity index (χ0n) is 18.2. The topological polar surface area (TPSA) is 40.7 Å². The molecule has 1 fully saturated rings. The number of aliphatic hydroxyl groups excluding tert-OH is 1. The first-order valence-corrected chi connectivity index (χ1v) is 12.2. The molecule has 1 aromatic rings. The second kappa shape index (κ2) is 18.4. The van der Waals surface area contributed by atoms with Gasteiger partial charge in [0.25, 0.3) is 0 Å². The zero-order valence-corrected chi connectivity index (χ0v) is 21.4. The lowest BCUT2D eigenvalue weighted by molar-refractivity contribution is -0.463. The fourth-order valence-electron chi connectivity index (χ4n) is 3.51. The summed E-state index contributed by atoms with van der Waals surface area (Å²) in [6.45, 7) is 9.80. The minimum atomic E-state index is 0. The molecule has 1 heterocycles. The molecule has 0 spiro atoms. The third-order valence-electron chi connectivity index (χ3n) is 5.16. The van der Waals surface area contributed by atoms with Crippen LogP contribution in [0.3, 0.4) is 0 Å². The van der Waals surface area contributed by atoms with Crippen LogP contribution >= 0.6 is 48.2 Å². The summed E-state index contributed by atoms with van der Waals surface area (Å²) >= 11 is 7.53. The van der Waals surface area contributed by atoms with E-state index in [1.165, 1.54) is 37.8 Å². The highest BCUT2D eigenvalue weighted by Crippen LogP contribution is 2.13.